The van der Waals surface area contributed by atoms with Gasteiger partial charge in [0, 0.05) is 49.0 Å². The number of hydrogen-bond donors (Lipinski definition) is 2. The number of methoxy groups -OCH3 is 1. The molecule has 1 aromatic heterocycles. The number of carbonyl (C=O) groups is 2. The summed E-state index contributed by atoms with van der Waals surface area (Å²) in [4.78, 5) is 47.2. The standard InChI is InChI=1S/C29H31N5O6/c1-18-24(28(35)39-4)26(21-11-8-12-22(15-21)34(37)38)25(19(2)32-18)29(36)40-23(27-30-13-14-31-27)17-33(3)16-20-9-6-5-7-10-20/h5-15,23,26,32H,16-17H2,1-4H3,(H,30,31). The third kappa shape index (κ3) is 6.26. The lowest BCUT2D eigenvalue weighted by atomic mass is 9.80. The summed E-state index contributed by atoms with van der Waals surface area (Å²) in [5, 5.41) is 14.6. The maximum atomic E-state index is 13.9. The first kappa shape index (κ1) is 28.2. The maximum Gasteiger partial charge on any atom is 0.337 e. The van der Waals surface area contributed by atoms with Crippen molar-refractivity contribution in [3.8, 4) is 0 Å². The Balaban J connectivity index is 1.69. The van der Waals surface area contributed by atoms with Crippen LogP contribution in [-0.4, -0.2) is 52.4 Å². The van der Waals surface area contributed by atoms with Gasteiger partial charge < -0.3 is 19.8 Å². The number of dihydropyridines is 1. The number of imidazole rings is 1. The molecule has 0 fully saturated rings. The normalized spacial score (nSPS) is 16.0. The van der Waals surface area contributed by atoms with E-state index in [1.807, 2.05) is 42.3 Å². The molecular formula is C29H31N5O6. The van der Waals surface area contributed by atoms with Crippen molar-refractivity contribution < 1.29 is 24.0 Å². The maximum absolute atomic E-state index is 13.9. The monoisotopic (exact) mass is 545 g/mol. The molecule has 2 unspecified atom stereocenters. The van der Waals surface area contributed by atoms with E-state index < -0.39 is 28.9 Å². The zero-order valence-corrected chi connectivity index (χ0v) is 22.7. The summed E-state index contributed by atoms with van der Waals surface area (Å²) in [6, 6.07) is 15.7. The molecule has 1 aliphatic heterocycles. The average molecular weight is 546 g/mol. The first-order valence-corrected chi connectivity index (χ1v) is 12.6. The number of allylic oxidation sites excluding steroid dienone is 2. The van der Waals surface area contributed by atoms with E-state index in [1.54, 1.807) is 32.3 Å². The Labute approximate surface area is 231 Å². The number of nitro benzene ring substituents is 1. The minimum Gasteiger partial charge on any atom is -0.466 e. The SMILES string of the molecule is COC(=O)C1=C(C)NC(C)=C(C(=O)OC(CN(C)Cc2ccccc2)c2ncc[nH]2)C1c1cccc([N+](=O)[O-])c1. The van der Waals surface area contributed by atoms with Crippen molar-refractivity contribution in [1.29, 1.82) is 0 Å². The summed E-state index contributed by atoms with van der Waals surface area (Å²) in [5.74, 6) is -1.85. The van der Waals surface area contributed by atoms with E-state index in [4.69, 9.17) is 9.47 Å². The van der Waals surface area contributed by atoms with Gasteiger partial charge in [0.1, 0.15) is 5.82 Å². The molecular weight excluding hydrogens is 514 g/mol. The molecule has 0 amide bonds. The molecule has 0 spiro atoms. The van der Waals surface area contributed by atoms with E-state index in [-0.39, 0.29) is 16.8 Å². The number of aromatic amines is 1. The Hall–Kier alpha value is -4.77. The molecule has 0 saturated heterocycles. The third-order valence-corrected chi connectivity index (χ3v) is 6.65. The summed E-state index contributed by atoms with van der Waals surface area (Å²) < 4.78 is 11.1. The second-order valence-electron chi connectivity index (χ2n) is 9.53. The van der Waals surface area contributed by atoms with Crippen LogP contribution in [0.3, 0.4) is 0 Å². The fraction of sp³-hybridized carbons (Fsp3) is 0.276. The van der Waals surface area contributed by atoms with Gasteiger partial charge in [-0.2, -0.15) is 0 Å². The van der Waals surface area contributed by atoms with E-state index in [0.29, 0.717) is 35.9 Å². The average Bonchev–Trinajstić information content (AvgIpc) is 3.47. The third-order valence-electron chi connectivity index (χ3n) is 6.65. The van der Waals surface area contributed by atoms with Crippen molar-refractivity contribution in [1.82, 2.24) is 20.2 Å². The number of nitro groups is 1. The highest BCUT2D eigenvalue weighted by atomic mass is 16.6. The van der Waals surface area contributed by atoms with Crippen LogP contribution in [0.1, 0.15) is 42.8 Å². The Morgan fingerprint density at radius 2 is 1.77 bits per heavy atom. The molecule has 3 aromatic rings. The molecule has 11 heteroatoms. The number of H-pyrrole nitrogens is 1. The zero-order valence-electron chi connectivity index (χ0n) is 22.7. The molecule has 2 atom stereocenters. The molecule has 4 rings (SSSR count). The number of esters is 2. The Kier molecular flexibility index (Phi) is 8.75. The van der Waals surface area contributed by atoms with Gasteiger partial charge in [0.25, 0.3) is 5.69 Å². The van der Waals surface area contributed by atoms with Crippen LogP contribution in [0.5, 0.6) is 0 Å². The lowest BCUT2D eigenvalue weighted by Gasteiger charge is -2.31. The molecule has 0 aliphatic carbocycles. The molecule has 2 N–H and O–H groups in total. The van der Waals surface area contributed by atoms with Crippen LogP contribution >= 0.6 is 0 Å². The number of benzene rings is 2. The summed E-state index contributed by atoms with van der Waals surface area (Å²) >= 11 is 0. The summed E-state index contributed by atoms with van der Waals surface area (Å²) in [5.41, 5.74) is 2.56. The van der Waals surface area contributed by atoms with Crippen LogP contribution in [0.2, 0.25) is 0 Å². The van der Waals surface area contributed by atoms with Crippen LogP contribution in [0.15, 0.2) is 89.5 Å². The summed E-state index contributed by atoms with van der Waals surface area (Å²) in [7, 11) is 3.16. The lowest BCUT2D eigenvalue weighted by molar-refractivity contribution is -0.384. The van der Waals surface area contributed by atoms with Crippen molar-refractivity contribution in [3.63, 3.8) is 0 Å². The van der Waals surface area contributed by atoms with E-state index in [9.17, 15) is 19.7 Å². The van der Waals surface area contributed by atoms with Crippen LogP contribution in [0.25, 0.3) is 0 Å². The Morgan fingerprint density at radius 3 is 2.40 bits per heavy atom. The van der Waals surface area contributed by atoms with Gasteiger partial charge in [-0.25, -0.2) is 14.6 Å². The number of carbonyl (C=O) groups excluding carboxylic acids is 2. The number of likely N-dealkylation sites (N-methyl/N-ethyl adjacent to an activating group) is 1. The zero-order chi connectivity index (χ0) is 28.8. The largest absolute Gasteiger partial charge is 0.466 e. The van der Waals surface area contributed by atoms with Gasteiger partial charge in [0.2, 0.25) is 0 Å². The first-order chi connectivity index (χ1) is 19.2. The van der Waals surface area contributed by atoms with Gasteiger partial charge >= 0.3 is 11.9 Å². The van der Waals surface area contributed by atoms with Gasteiger partial charge in [0.15, 0.2) is 6.10 Å². The van der Waals surface area contributed by atoms with E-state index in [1.165, 1.54) is 25.3 Å². The first-order valence-electron chi connectivity index (χ1n) is 12.6. The molecule has 2 aromatic carbocycles. The van der Waals surface area contributed by atoms with Crippen LogP contribution in [-0.2, 0) is 25.6 Å². The fourth-order valence-corrected chi connectivity index (χ4v) is 4.86. The number of non-ortho nitro benzene ring substituents is 1. The highest BCUT2D eigenvalue weighted by Crippen LogP contribution is 2.40. The second kappa shape index (κ2) is 12.4. The second-order valence-corrected chi connectivity index (χ2v) is 9.53. The van der Waals surface area contributed by atoms with Gasteiger partial charge in [-0.15, -0.1) is 0 Å². The van der Waals surface area contributed by atoms with Crippen LogP contribution < -0.4 is 5.32 Å². The Bertz CT molecular complexity index is 1450. The quantitative estimate of drug-likeness (QED) is 0.218. The molecule has 40 heavy (non-hydrogen) atoms. The van der Waals surface area contributed by atoms with E-state index in [0.717, 1.165) is 5.56 Å². The number of rotatable bonds is 10. The minimum absolute atomic E-state index is 0.147. The fourth-order valence-electron chi connectivity index (χ4n) is 4.86. The molecule has 2 heterocycles. The smallest absolute Gasteiger partial charge is 0.337 e. The van der Waals surface area contributed by atoms with Gasteiger partial charge in [-0.3, -0.25) is 15.0 Å². The Morgan fingerprint density at radius 1 is 1.07 bits per heavy atom. The van der Waals surface area contributed by atoms with Crippen molar-refractivity contribution in [2.45, 2.75) is 32.4 Å². The van der Waals surface area contributed by atoms with Crippen molar-refractivity contribution >= 4 is 17.6 Å². The molecule has 11 nitrogen and oxygen atoms in total. The molecule has 1 aliphatic rings. The van der Waals surface area contributed by atoms with E-state index >= 15 is 0 Å². The number of hydrogen-bond acceptors (Lipinski definition) is 9. The number of nitrogens with zero attached hydrogens (tertiary/aromatic N) is 3. The highest BCUT2D eigenvalue weighted by Gasteiger charge is 2.39. The predicted octanol–water partition coefficient (Wildman–Crippen LogP) is 4.14. The molecule has 0 saturated carbocycles. The van der Waals surface area contributed by atoms with Gasteiger partial charge in [-0.05, 0) is 32.0 Å². The van der Waals surface area contributed by atoms with Crippen molar-refractivity contribution in [3.05, 3.63) is 117 Å². The van der Waals surface area contributed by atoms with Crippen molar-refractivity contribution in [2.75, 3.05) is 20.7 Å². The molecule has 0 bridgehead atoms. The van der Waals surface area contributed by atoms with Gasteiger partial charge in [-0.1, -0.05) is 42.5 Å². The predicted molar refractivity (Wildman–Crippen MR) is 147 cm³/mol. The molecule has 0 radical (unpaired) electrons. The van der Waals surface area contributed by atoms with E-state index in [2.05, 4.69) is 15.3 Å². The number of aromatic nitrogens is 2. The lowest BCUT2D eigenvalue weighted by Crippen LogP contribution is -2.34. The highest BCUT2D eigenvalue weighted by molar-refractivity contribution is 6.00. The number of ether oxygens (including phenoxy) is 2. The van der Waals surface area contributed by atoms with Crippen molar-refractivity contribution in [2.24, 2.45) is 0 Å². The molecule has 208 valence electrons. The summed E-state index contributed by atoms with van der Waals surface area (Å²) in [6.45, 7) is 4.33. The summed E-state index contributed by atoms with van der Waals surface area (Å²) in [6.07, 6.45) is 2.46. The van der Waals surface area contributed by atoms with Crippen LogP contribution in [0.4, 0.5) is 5.69 Å². The minimum atomic E-state index is -0.958. The van der Waals surface area contributed by atoms with Gasteiger partial charge in [0.05, 0.1) is 29.1 Å². The number of nitrogens with one attached hydrogen (secondary N) is 2. The topological polar surface area (TPSA) is 140 Å². The van der Waals surface area contributed by atoms with Crippen LogP contribution in [0, 0.1) is 10.1 Å².